The summed E-state index contributed by atoms with van der Waals surface area (Å²) in [4.78, 5) is 15.2. The van der Waals surface area contributed by atoms with Crippen LogP contribution < -0.4 is 0 Å². The molecule has 20 heavy (non-hydrogen) atoms. The SMILES string of the molecule is CN1CCC(N(C)Cc2ccc(C(=O)O)cc2F)CC1. The van der Waals surface area contributed by atoms with Crippen LogP contribution in [0.5, 0.6) is 0 Å². The van der Waals surface area contributed by atoms with Gasteiger partial charge in [0.05, 0.1) is 5.56 Å². The van der Waals surface area contributed by atoms with E-state index in [1.54, 1.807) is 6.07 Å². The van der Waals surface area contributed by atoms with Gasteiger partial charge in [-0.3, -0.25) is 4.90 Å². The molecule has 0 saturated carbocycles. The number of piperidine rings is 1. The average Bonchev–Trinajstić information content (AvgIpc) is 2.41. The molecule has 0 radical (unpaired) electrons. The molecular formula is C15H21FN2O2. The summed E-state index contributed by atoms with van der Waals surface area (Å²) in [5.74, 6) is -1.54. The van der Waals surface area contributed by atoms with Crippen molar-refractivity contribution < 1.29 is 14.3 Å². The van der Waals surface area contributed by atoms with Crippen LogP contribution in [0.2, 0.25) is 0 Å². The first-order valence-electron chi connectivity index (χ1n) is 6.88. The summed E-state index contributed by atoms with van der Waals surface area (Å²) in [7, 11) is 4.11. The molecule has 0 aromatic heterocycles. The highest BCUT2D eigenvalue weighted by molar-refractivity contribution is 5.87. The van der Waals surface area contributed by atoms with E-state index in [4.69, 9.17) is 5.11 Å². The second-order valence-corrected chi connectivity index (χ2v) is 5.56. The van der Waals surface area contributed by atoms with Gasteiger partial charge < -0.3 is 10.0 Å². The average molecular weight is 280 g/mol. The Kier molecular flexibility index (Phi) is 4.73. The first-order valence-corrected chi connectivity index (χ1v) is 6.88. The molecule has 1 aliphatic heterocycles. The van der Waals surface area contributed by atoms with Crippen molar-refractivity contribution in [3.05, 3.63) is 35.1 Å². The molecule has 1 N–H and O–H groups in total. The maximum atomic E-state index is 13.9. The molecular weight excluding hydrogens is 259 g/mol. The maximum Gasteiger partial charge on any atom is 0.335 e. The maximum absolute atomic E-state index is 13.9. The monoisotopic (exact) mass is 280 g/mol. The van der Waals surface area contributed by atoms with Crippen LogP contribution in [0, 0.1) is 5.82 Å². The lowest BCUT2D eigenvalue weighted by Gasteiger charge is -2.35. The number of carbonyl (C=O) groups is 1. The van der Waals surface area contributed by atoms with Crippen molar-refractivity contribution in [2.45, 2.75) is 25.4 Å². The Morgan fingerprint density at radius 2 is 2.10 bits per heavy atom. The van der Waals surface area contributed by atoms with E-state index < -0.39 is 11.8 Å². The fraction of sp³-hybridized carbons (Fsp3) is 0.533. The molecule has 0 atom stereocenters. The zero-order valence-electron chi connectivity index (χ0n) is 12.0. The summed E-state index contributed by atoms with van der Waals surface area (Å²) < 4.78 is 13.9. The van der Waals surface area contributed by atoms with Gasteiger partial charge in [0.15, 0.2) is 0 Å². The van der Waals surface area contributed by atoms with Gasteiger partial charge in [-0.1, -0.05) is 6.07 Å². The highest BCUT2D eigenvalue weighted by Crippen LogP contribution is 2.18. The Morgan fingerprint density at radius 3 is 2.65 bits per heavy atom. The van der Waals surface area contributed by atoms with Gasteiger partial charge in [-0.25, -0.2) is 9.18 Å². The number of aromatic carboxylic acids is 1. The number of hydrogen-bond donors (Lipinski definition) is 1. The van der Waals surface area contributed by atoms with Crippen LogP contribution in [0.25, 0.3) is 0 Å². The quantitative estimate of drug-likeness (QED) is 0.916. The molecule has 0 bridgehead atoms. The zero-order valence-corrected chi connectivity index (χ0v) is 12.0. The predicted molar refractivity (Wildman–Crippen MR) is 75.3 cm³/mol. The van der Waals surface area contributed by atoms with Crippen LogP contribution in [0.4, 0.5) is 4.39 Å². The van der Waals surface area contributed by atoms with Crippen molar-refractivity contribution in [1.29, 1.82) is 0 Å². The third-order valence-electron chi connectivity index (χ3n) is 4.03. The van der Waals surface area contributed by atoms with Crippen molar-refractivity contribution >= 4 is 5.97 Å². The van der Waals surface area contributed by atoms with E-state index in [-0.39, 0.29) is 5.56 Å². The molecule has 0 spiro atoms. The van der Waals surface area contributed by atoms with E-state index in [0.717, 1.165) is 32.0 Å². The molecule has 2 rings (SSSR count). The standard InChI is InChI=1S/C15H21FN2O2/c1-17-7-5-13(6-8-17)18(2)10-12-4-3-11(15(19)20)9-14(12)16/h3-4,9,13H,5-8,10H2,1-2H3,(H,19,20). The molecule has 110 valence electrons. The van der Waals surface area contributed by atoms with Crippen LogP contribution in [0.15, 0.2) is 18.2 Å². The van der Waals surface area contributed by atoms with Gasteiger partial charge in [0.2, 0.25) is 0 Å². The fourth-order valence-corrected chi connectivity index (χ4v) is 2.64. The third-order valence-corrected chi connectivity index (χ3v) is 4.03. The number of rotatable bonds is 4. The van der Waals surface area contributed by atoms with Crippen LogP contribution in [0.1, 0.15) is 28.8 Å². The number of likely N-dealkylation sites (tertiary alicyclic amines) is 1. The number of benzene rings is 1. The molecule has 1 aliphatic rings. The summed E-state index contributed by atoms with van der Waals surface area (Å²) in [6.07, 6.45) is 2.17. The normalized spacial score (nSPS) is 17.6. The minimum atomic E-state index is -1.10. The minimum Gasteiger partial charge on any atom is -0.478 e. The number of hydrogen-bond acceptors (Lipinski definition) is 3. The highest BCUT2D eigenvalue weighted by atomic mass is 19.1. The topological polar surface area (TPSA) is 43.8 Å². The fourth-order valence-electron chi connectivity index (χ4n) is 2.64. The van der Waals surface area contributed by atoms with Crippen LogP contribution in [-0.4, -0.2) is 54.1 Å². The van der Waals surface area contributed by atoms with Gasteiger partial charge in [-0.15, -0.1) is 0 Å². The van der Waals surface area contributed by atoms with Gasteiger partial charge in [0, 0.05) is 18.2 Å². The van der Waals surface area contributed by atoms with E-state index in [1.807, 2.05) is 7.05 Å². The second-order valence-electron chi connectivity index (χ2n) is 5.56. The lowest BCUT2D eigenvalue weighted by Crippen LogP contribution is -2.41. The Labute approximate surface area is 118 Å². The summed E-state index contributed by atoms with van der Waals surface area (Å²) in [6, 6.07) is 4.60. The Morgan fingerprint density at radius 1 is 1.45 bits per heavy atom. The number of nitrogens with zero attached hydrogens (tertiary/aromatic N) is 2. The predicted octanol–water partition coefficient (Wildman–Crippen LogP) is 2.05. The molecule has 1 aromatic carbocycles. The summed E-state index contributed by atoms with van der Waals surface area (Å²) >= 11 is 0. The van der Waals surface area contributed by atoms with Crippen molar-refractivity contribution in [2.75, 3.05) is 27.2 Å². The molecule has 1 heterocycles. The lowest BCUT2D eigenvalue weighted by atomic mass is 10.0. The molecule has 1 saturated heterocycles. The van der Waals surface area contributed by atoms with Gasteiger partial charge >= 0.3 is 5.97 Å². The molecule has 0 amide bonds. The Balaban J connectivity index is 2.00. The molecule has 1 aromatic rings. The molecule has 0 aliphatic carbocycles. The summed E-state index contributed by atoms with van der Waals surface area (Å²) in [6.45, 7) is 2.64. The van der Waals surface area contributed by atoms with Gasteiger partial charge in [-0.05, 0) is 52.2 Å². The van der Waals surface area contributed by atoms with Gasteiger partial charge in [0.1, 0.15) is 5.82 Å². The smallest absolute Gasteiger partial charge is 0.335 e. The molecule has 0 unspecified atom stereocenters. The third kappa shape index (κ3) is 3.55. The van der Waals surface area contributed by atoms with E-state index in [2.05, 4.69) is 16.8 Å². The summed E-state index contributed by atoms with van der Waals surface area (Å²) in [5, 5.41) is 8.83. The van der Waals surface area contributed by atoms with Crippen molar-refractivity contribution in [3.8, 4) is 0 Å². The zero-order chi connectivity index (χ0) is 14.7. The largest absolute Gasteiger partial charge is 0.478 e. The molecule has 4 nitrogen and oxygen atoms in total. The number of carboxylic acids is 1. The van der Waals surface area contributed by atoms with Gasteiger partial charge in [0.25, 0.3) is 0 Å². The van der Waals surface area contributed by atoms with E-state index >= 15 is 0 Å². The lowest BCUT2D eigenvalue weighted by molar-refractivity contribution is 0.0696. The van der Waals surface area contributed by atoms with Crippen LogP contribution in [0.3, 0.4) is 0 Å². The minimum absolute atomic E-state index is 0.00630. The highest BCUT2D eigenvalue weighted by Gasteiger charge is 2.21. The van der Waals surface area contributed by atoms with Gasteiger partial charge in [-0.2, -0.15) is 0 Å². The van der Waals surface area contributed by atoms with Crippen LogP contribution in [-0.2, 0) is 6.54 Å². The first-order chi connectivity index (χ1) is 9.47. The molecule has 1 fully saturated rings. The van der Waals surface area contributed by atoms with E-state index in [9.17, 15) is 9.18 Å². The van der Waals surface area contributed by atoms with E-state index in [1.165, 1.54) is 6.07 Å². The summed E-state index contributed by atoms with van der Waals surface area (Å²) in [5.41, 5.74) is 0.546. The Hall–Kier alpha value is -1.46. The van der Waals surface area contributed by atoms with Crippen molar-refractivity contribution in [2.24, 2.45) is 0 Å². The van der Waals surface area contributed by atoms with Crippen molar-refractivity contribution in [3.63, 3.8) is 0 Å². The first kappa shape index (κ1) is 14.9. The number of carboxylic acid groups (broad SMARTS) is 1. The Bertz CT molecular complexity index is 485. The number of halogens is 1. The molecule has 5 heteroatoms. The van der Waals surface area contributed by atoms with Crippen molar-refractivity contribution in [1.82, 2.24) is 9.80 Å². The van der Waals surface area contributed by atoms with E-state index in [0.29, 0.717) is 18.2 Å². The van der Waals surface area contributed by atoms with Crippen LogP contribution >= 0.6 is 0 Å². The second kappa shape index (κ2) is 6.33.